The van der Waals surface area contributed by atoms with Crippen molar-refractivity contribution in [3.8, 4) is 5.88 Å². The highest BCUT2D eigenvalue weighted by molar-refractivity contribution is 5.79. The molecule has 170 valence electrons. The molecule has 2 saturated heterocycles. The van der Waals surface area contributed by atoms with Gasteiger partial charge in [-0.2, -0.15) is 13.2 Å². The van der Waals surface area contributed by atoms with Gasteiger partial charge in [-0.3, -0.25) is 14.7 Å². The third-order valence-electron chi connectivity index (χ3n) is 6.50. The topological polar surface area (TPSA) is 58.6 Å². The van der Waals surface area contributed by atoms with E-state index in [0.29, 0.717) is 30.5 Å². The lowest BCUT2D eigenvalue weighted by molar-refractivity contribution is -0.137. The van der Waals surface area contributed by atoms with Crippen molar-refractivity contribution in [3.63, 3.8) is 0 Å². The number of amides is 1. The van der Waals surface area contributed by atoms with Crippen LogP contribution in [0, 0.1) is 0 Å². The van der Waals surface area contributed by atoms with Crippen LogP contribution in [0.5, 0.6) is 5.88 Å². The number of ether oxygens (including phenoxy) is 1. The molecule has 9 heteroatoms. The second-order valence-electron chi connectivity index (χ2n) is 8.89. The van der Waals surface area contributed by atoms with Crippen LogP contribution in [0.1, 0.15) is 42.0 Å². The number of alkyl halides is 3. The minimum absolute atomic E-state index is 0.00559. The molecule has 0 spiro atoms. The lowest BCUT2D eigenvalue weighted by atomic mass is 10.1. The molecular formula is C23H25F3N4O2. The highest BCUT2D eigenvalue weighted by Gasteiger charge is 2.38. The molecule has 3 heterocycles. The van der Waals surface area contributed by atoms with E-state index in [1.54, 1.807) is 12.4 Å². The average Bonchev–Trinajstić information content (AvgIpc) is 3.53. The lowest BCUT2D eigenvalue weighted by Gasteiger charge is -2.37. The molecule has 1 aromatic heterocycles. The molecule has 0 bridgehead atoms. The second-order valence-corrected chi connectivity index (χ2v) is 8.89. The highest BCUT2D eigenvalue weighted by atomic mass is 19.4. The van der Waals surface area contributed by atoms with Crippen molar-refractivity contribution >= 4 is 5.91 Å². The van der Waals surface area contributed by atoms with Gasteiger partial charge in [0.2, 0.25) is 11.8 Å². The maximum Gasteiger partial charge on any atom is 0.416 e. The van der Waals surface area contributed by atoms with Crippen molar-refractivity contribution in [2.45, 2.75) is 49.9 Å². The molecule has 0 N–H and O–H groups in total. The van der Waals surface area contributed by atoms with E-state index in [9.17, 15) is 18.0 Å². The summed E-state index contributed by atoms with van der Waals surface area (Å²) in [6, 6.07) is 5.03. The van der Waals surface area contributed by atoms with Crippen LogP contribution in [-0.2, 0) is 17.4 Å². The van der Waals surface area contributed by atoms with Crippen LogP contribution < -0.4 is 4.74 Å². The zero-order valence-corrected chi connectivity index (χ0v) is 17.6. The summed E-state index contributed by atoms with van der Waals surface area (Å²) in [6.07, 6.45) is 2.41. The molecule has 1 amide bonds. The minimum atomic E-state index is -4.37. The lowest BCUT2D eigenvalue weighted by Crippen LogP contribution is -2.52. The van der Waals surface area contributed by atoms with Gasteiger partial charge in [0.1, 0.15) is 6.10 Å². The van der Waals surface area contributed by atoms with Crippen molar-refractivity contribution in [3.05, 3.63) is 53.5 Å². The number of aromatic nitrogens is 2. The zero-order chi connectivity index (χ0) is 22.3. The molecule has 1 aromatic carbocycles. The molecule has 1 aliphatic carbocycles. The molecule has 3 aliphatic rings. The Morgan fingerprint density at radius 1 is 1.06 bits per heavy atom. The predicted molar refractivity (Wildman–Crippen MR) is 110 cm³/mol. The smallest absolute Gasteiger partial charge is 0.416 e. The third kappa shape index (κ3) is 4.72. The average molecular weight is 446 g/mol. The Kier molecular flexibility index (Phi) is 5.53. The quantitative estimate of drug-likeness (QED) is 0.706. The number of nitrogens with zero attached hydrogens (tertiary/aromatic N) is 4. The standard InChI is InChI=1S/C23H25F3N4O2/c24-23(25,26)17-5-1-15(2-6-17)9-22(31)30-8-7-29-14-19(10-18(29)13-30)32-21-12-27-20(11-28-21)16-3-4-16/h1-2,5-6,11-12,16,18-19H,3-4,7-10,13-14H2/t18-,19+/m0/s1. The van der Waals surface area contributed by atoms with Crippen LogP contribution in [0.25, 0.3) is 0 Å². The summed E-state index contributed by atoms with van der Waals surface area (Å²) in [5.74, 6) is 1.04. The van der Waals surface area contributed by atoms with Gasteiger partial charge in [0.25, 0.3) is 0 Å². The molecule has 6 nitrogen and oxygen atoms in total. The Labute approximate surface area is 184 Å². The number of hydrogen-bond donors (Lipinski definition) is 0. The summed E-state index contributed by atoms with van der Waals surface area (Å²) in [6.45, 7) is 2.76. The largest absolute Gasteiger partial charge is 0.472 e. The van der Waals surface area contributed by atoms with Crippen LogP contribution >= 0.6 is 0 Å². The maximum absolute atomic E-state index is 12.7. The maximum atomic E-state index is 12.7. The molecular weight excluding hydrogens is 421 g/mol. The van der Waals surface area contributed by atoms with Gasteiger partial charge < -0.3 is 9.64 Å². The van der Waals surface area contributed by atoms with Gasteiger partial charge in [-0.25, -0.2) is 4.98 Å². The van der Waals surface area contributed by atoms with E-state index in [0.717, 1.165) is 37.3 Å². The number of rotatable bonds is 5. The van der Waals surface area contributed by atoms with Crippen molar-refractivity contribution in [1.82, 2.24) is 19.8 Å². The number of hydrogen-bond acceptors (Lipinski definition) is 5. The fourth-order valence-corrected chi connectivity index (χ4v) is 4.55. The Hall–Kier alpha value is -2.68. The first-order valence-electron chi connectivity index (χ1n) is 11.0. The molecule has 5 rings (SSSR count). The number of benzene rings is 1. The van der Waals surface area contributed by atoms with Gasteiger partial charge in [0.15, 0.2) is 0 Å². The number of piperazine rings is 1. The molecule has 2 atom stereocenters. The monoisotopic (exact) mass is 446 g/mol. The SMILES string of the molecule is O=C(Cc1ccc(C(F)(F)F)cc1)N1CCN2C[C@H](Oc3cnc(C4CC4)cn3)C[C@H]2C1. The first-order chi connectivity index (χ1) is 15.3. The van der Waals surface area contributed by atoms with E-state index < -0.39 is 11.7 Å². The van der Waals surface area contributed by atoms with Crippen molar-refractivity contribution in [2.75, 3.05) is 26.2 Å². The Morgan fingerprint density at radius 2 is 1.84 bits per heavy atom. The molecule has 32 heavy (non-hydrogen) atoms. The first-order valence-corrected chi connectivity index (χ1v) is 11.0. The first kappa shape index (κ1) is 21.2. The molecule has 1 saturated carbocycles. The van der Waals surface area contributed by atoms with Crippen LogP contribution in [-0.4, -0.2) is 64.0 Å². The predicted octanol–water partition coefficient (Wildman–Crippen LogP) is 3.28. The van der Waals surface area contributed by atoms with Crippen molar-refractivity contribution in [1.29, 1.82) is 0 Å². The Morgan fingerprint density at radius 3 is 2.50 bits per heavy atom. The summed E-state index contributed by atoms with van der Waals surface area (Å²) < 4.78 is 44.2. The Bertz CT molecular complexity index is 961. The van der Waals surface area contributed by atoms with Gasteiger partial charge in [-0.05, 0) is 30.5 Å². The highest BCUT2D eigenvalue weighted by Crippen LogP contribution is 2.38. The second kappa shape index (κ2) is 8.35. The zero-order valence-electron chi connectivity index (χ0n) is 17.6. The summed E-state index contributed by atoms with van der Waals surface area (Å²) >= 11 is 0. The van der Waals surface area contributed by atoms with Crippen LogP contribution in [0.3, 0.4) is 0 Å². The van der Waals surface area contributed by atoms with Gasteiger partial charge in [-0.1, -0.05) is 12.1 Å². The van der Waals surface area contributed by atoms with Gasteiger partial charge in [0.05, 0.1) is 30.1 Å². The van der Waals surface area contributed by atoms with E-state index >= 15 is 0 Å². The number of carbonyl (C=O) groups is 1. The van der Waals surface area contributed by atoms with Crippen LogP contribution in [0.2, 0.25) is 0 Å². The fraction of sp³-hybridized carbons (Fsp3) is 0.522. The Balaban J connectivity index is 1.13. The summed E-state index contributed by atoms with van der Waals surface area (Å²) in [5.41, 5.74) is 0.917. The van der Waals surface area contributed by atoms with Gasteiger partial charge in [-0.15, -0.1) is 0 Å². The number of fused-ring (bicyclic) bond motifs is 1. The third-order valence-corrected chi connectivity index (χ3v) is 6.50. The molecule has 2 aromatic rings. The minimum Gasteiger partial charge on any atom is -0.472 e. The molecule has 2 aliphatic heterocycles. The molecule has 0 radical (unpaired) electrons. The van der Waals surface area contributed by atoms with Gasteiger partial charge >= 0.3 is 6.18 Å². The summed E-state index contributed by atoms with van der Waals surface area (Å²) in [5, 5.41) is 0. The van der Waals surface area contributed by atoms with Gasteiger partial charge in [0, 0.05) is 44.6 Å². The number of carbonyl (C=O) groups excluding carboxylic acids is 1. The molecule has 3 fully saturated rings. The van der Waals surface area contributed by atoms with Crippen LogP contribution in [0.15, 0.2) is 36.7 Å². The van der Waals surface area contributed by atoms with Crippen LogP contribution in [0.4, 0.5) is 13.2 Å². The summed E-state index contributed by atoms with van der Waals surface area (Å²) in [4.78, 5) is 25.7. The normalized spacial score (nSPS) is 23.8. The van der Waals surface area contributed by atoms with Crippen molar-refractivity contribution in [2.24, 2.45) is 0 Å². The summed E-state index contributed by atoms with van der Waals surface area (Å²) in [7, 11) is 0. The van der Waals surface area contributed by atoms with E-state index in [4.69, 9.17) is 4.74 Å². The number of halogens is 3. The van der Waals surface area contributed by atoms with E-state index in [-0.39, 0.29) is 24.5 Å². The van der Waals surface area contributed by atoms with E-state index in [1.165, 1.54) is 25.0 Å². The van der Waals surface area contributed by atoms with E-state index in [2.05, 4.69) is 14.9 Å². The van der Waals surface area contributed by atoms with E-state index in [1.807, 2.05) is 4.90 Å². The van der Waals surface area contributed by atoms with Crippen molar-refractivity contribution < 1.29 is 22.7 Å². The molecule has 0 unspecified atom stereocenters. The fourth-order valence-electron chi connectivity index (χ4n) is 4.55.